The van der Waals surface area contributed by atoms with Crippen LogP contribution >= 0.6 is 0 Å². The fraction of sp³-hybridized carbons (Fsp3) is 0.429. The Morgan fingerprint density at radius 1 is 1.42 bits per heavy atom. The lowest BCUT2D eigenvalue weighted by Gasteiger charge is -2.20. The largest absolute Gasteiger partial charge is 0.444 e. The van der Waals surface area contributed by atoms with E-state index in [1.54, 1.807) is 45.0 Å². The lowest BCUT2D eigenvalue weighted by molar-refractivity contribution is 0.0524. The molecule has 0 aromatic heterocycles. The highest BCUT2D eigenvalue weighted by Crippen LogP contribution is 2.11. The molecule has 0 aliphatic rings. The predicted molar refractivity (Wildman–Crippen MR) is 72.3 cm³/mol. The van der Waals surface area contributed by atoms with Crippen LogP contribution in [0.2, 0.25) is 0 Å². The Morgan fingerprint density at radius 3 is 2.47 bits per heavy atom. The molecule has 0 unspecified atom stereocenters. The molecule has 3 N–H and O–H groups in total. The van der Waals surface area contributed by atoms with E-state index in [4.69, 9.17) is 15.7 Å². The molecular weight excluding hydrogens is 242 g/mol. The number of ether oxygens (including phenoxy) is 1. The van der Waals surface area contributed by atoms with E-state index in [0.29, 0.717) is 5.56 Å². The van der Waals surface area contributed by atoms with E-state index in [2.05, 4.69) is 5.32 Å². The van der Waals surface area contributed by atoms with Gasteiger partial charge < -0.3 is 15.8 Å². The van der Waals surface area contributed by atoms with Crippen LogP contribution < -0.4 is 11.1 Å². The number of benzene rings is 1. The highest BCUT2D eigenvalue weighted by atomic mass is 16.6. The molecule has 102 valence electrons. The van der Waals surface area contributed by atoms with E-state index < -0.39 is 11.7 Å². The molecule has 1 amide bonds. The van der Waals surface area contributed by atoms with Crippen LogP contribution in [-0.2, 0) is 4.74 Å². The van der Waals surface area contributed by atoms with Gasteiger partial charge >= 0.3 is 6.09 Å². The van der Waals surface area contributed by atoms with Gasteiger partial charge in [0.25, 0.3) is 0 Å². The zero-order valence-electron chi connectivity index (χ0n) is 11.4. The van der Waals surface area contributed by atoms with Gasteiger partial charge in [0, 0.05) is 12.6 Å². The van der Waals surface area contributed by atoms with Crippen molar-refractivity contribution in [2.75, 3.05) is 6.54 Å². The van der Waals surface area contributed by atoms with Crippen LogP contribution in [0.4, 0.5) is 4.79 Å². The van der Waals surface area contributed by atoms with Gasteiger partial charge in [0.05, 0.1) is 11.6 Å². The summed E-state index contributed by atoms with van der Waals surface area (Å²) in [5.41, 5.74) is 6.86. The molecule has 0 aliphatic heterocycles. The molecule has 1 atom stereocenters. The van der Waals surface area contributed by atoms with Crippen molar-refractivity contribution in [1.29, 1.82) is 5.26 Å². The summed E-state index contributed by atoms with van der Waals surface area (Å²) in [4.78, 5) is 11.5. The molecule has 1 aromatic carbocycles. The minimum atomic E-state index is -0.525. The number of carbonyl (C=O) groups excluding carboxylic acids is 1. The molecule has 0 saturated carbocycles. The van der Waals surface area contributed by atoms with Gasteiger partial charge in [0.2, 0.25) is 0 Å². The standard InChI is InChI=1S/C14H19N3O2/c1-14(2,3)19-13(18)17-9-12(16)11-6-4-10(8-15)5-7-11/h4-7,12H,9,16H2,1-3H3,(H,17,18)/t12-/m0/s1. The van der Waals surface area contributed by atoms with Crippen molar-refractivity contribution in [2.24, 2.45) is 5.73 Å². The maximum absolute atomic E-state index is 11.5. The summed E-state index contributed by atoms with van der Waals surface area (Å²) in [5.74, 6) is 0. The number of hydrogen-bond acceptors (Lipinski definition) is 4. The summed E-state index contributed by atoms with van der Waals surface area (Å²) < 4.78 is 5.11. The average molecular weight is 261 g/mol. The average Bonchev–Trinajstić information content (AvgIpc) is 2.34. The van der Waals surface area contributed by atoms with Gasteiger partial charge in [-0.1, -0.05) is 12.1 Å². The van der Waals surface area contributed by atoms with Crippen LogP contribution in [-0.4, -0.2) is 18.2 Å². The van der Waals surface area contributed by atoms with E-state index in [0.717, 1.165) is 5.56 Å². The lowest BCUT2D eigenvalue weighted by Crippen LogP contribution is -2.36. The van der Waals surface area contributed by atoms with Gasteiger partial charge in [-0.3, -0.25) is 0 Å². The third-order valence-corrected chi connectivity index (χ3v) is 2.33. The van der Waals surface area contributed by atoms with Crippen LogP contribution in [0.3, 0.4) is 0 Å². The monoisotopic (exact) mass is 261 g/mol. The van der Waals surface area contributed by atoms with E-state index >= 15 is 0 Å². The Bertz CT molecular complexity index is 469. The van der Waals surface area contributed by atoms with Crippen molar-refractivity contribution < 1.29 is 9.53 Å². The molecule has 0 fully saturated rings. The van der Waals surface area contributed by atoms with E-state index in [1.165, 1.54) is 0 Å². The van der Waals surface area contributed by atoms with Crippen LogP contribution in [0.1, 0.15) is 37.9 Å². The van der Waals surface area contributed by atoms with Gasteiger partial charge in [-0.05, 0) is 38.5 Å². The van der Waals surface area contributed by atoms with Gasteiger partial charge in [0.15, 0.2) is 0 Å². The van der Waals surface area contributed by atoms with Crippen LogP contribution in [0, 0.1) is 11.3 Å². The summed E-state index contributed by atoms with van der Waals surface area (Å²) in [5, 5.41) is 11.3. The second-order valence-electron chi connectivity index (χ2n) is 5.22. The van der Waals surface area contributed by atoms with Crippen molar-refractivity contribution in [2.45, 2.75) is 32.4 Å². The third-order valence-electron chi connectivity index (χ3n) is 2.33. The van der Waals surface area contributed by atoms with Crippen molar-refractivity contribution >= 4 is 6.09 Å². The molecule has 0 radical (unpaired) electrons. The highest BCUT2D eigenvalue weighted by Gasteiger charge is 2.16. The molecular formula is C14H19N3O2. The summed E-state index contributed by atoms with van der Waals surface area (Å²) in [6, 6.07) is 8.66. The first-order valence-electron chi connectivity index (χ1n) is 6.04. The van der Waals surface area contributed by atoms with Gasteiger partial charge in [-0.25, -0.2) is 4.79 Å². The first-order chi connectivity index (χ1) is 8.81. The first-order valence-corrected chi connectivity index (χ1v) is 6.04. The summed E-state index contributed by atoms with van der Waals surface area (Å²) in [6.45, 7) is 5.67. The number of nitrogens with zero attached hydrogens (tertiary/aromatic N) is 1. The highest BCUT2D eigenvalue weighted by molar-refractivity contribution is 5.67. The fourth-order valence-corrected chi connectivity index (χ4v) is 1.43. The van der Waals surface area contributed by atoms with Crippen molar-refractivity contribution in [1.82, 2.24) is 5.32 Å². The molecule has 19 heavy (non-hydrogen) atoms. The molecule has 0 spiro atoms. The quantitative estimate of drug-likeness (QED) is 0.872. The Morgan fingerprint density at radius 2 is 2.00 bits per heavy atom. The minimum Gasteiger partial charge on any atom is -0.444 e. The van der Waals surface area contributed by atoms with Crippen molar-refractivity contribution in [3.05, 3.63) is 35.4 Å². The summed E-state index contributed by atoms with van der Waals surface area (Å²) in [7, 11) is 0. The SMILES string of the molecule is CC(C)(C)OC(=O)NC[C@H](N)c1ccc(C#N)cc1. The number of hydrogen-bond donors (Lipinski definition) is 2. The number of alkyl carbamates (subject to hydrolysis) is 1. The van der Waals surface area contributed by atoms with Gasteiger partial charge in [-0.15, -0.1) is 0 Å². The number of nitriles is 1. The van der Waals surface area contributed by atoms with Gasteiger partial charge in [-0.2, -0.15) is 5.26 Å². The van der Waals surface area contributed by atoms with Crippen molar-refractivity contribution in [3.8, 4) is 6.07 Å². The lowest BCUT2D eigenvalue weighted by atomic mass is 10.1. The third kappa shape index (κ3) is 5.40. The Balaban J connectivity index is 2.49. The Hall–Kier alpha value is -2.06. The Labute approximate surface area is 113 Å². The van der Waals surface area contributed by atoms with Crippen molar-refractivity contribution in [3.63, 3.8) is 0 Å². The minimum absolute atomic E-state index is 0.279. The normalized spacial score (nSPS) is 12.4. The second kappa shape index (κ2) is 6.21. The summed E-state index contributed by atoms with van der Waals surface area (Å²) >= 11 is 0. The van der Waals surface area contributed by atoms with Crippen LogP contribution in [0.5, 0.6) is 0 Å². The predicted octanol–water partition coefficient (Wildman–Crippen LogP) is 2.08. The number of rotatable bonds is 3. The number of nitrogens with one attached hydrogen (secondary N) is 1. The summed E-state index contributed by atoms with van der Waals surface area (Å²) in [6.07, 6.45) is -0.489. The first kappa shape index (κ1) is 15.0. The molecule has 0 saturated heterocycles. The molecule has 1 rings (SSSR count). The number of amides is 1. The molecule has 0 aliphatic carbocycles. The van der Waals surface area contributed by atoms with E-state index in [9.17, 15) is 4.79 Å². The Kier molecular flexibility index (Phi) is 4.90. The van der Waals surface area contributed by atoms with E-state index in [1.807, 2.05) is 6.07 Å². The fourth-order valence-electron chi connectivity index (χ4n) is 1.43. The zero-order chi connectivity index (χ0) is 14.5. The molecule has 0 heterocycles. The van der Waals surface area contributed by atoms with Gasteiger partial charge in [0.1, 0.15) is 5.60 Å². The van der Waals surface area contributed by atoms with Crippen LogP contribution in [0.15, 0.2) is 24.3 Å². The maximum Gasteiger partial charge on any atom is 0.407 e. The van der Waals surface area contributed by atoms with E-state index in [-0.39, 0.29) is 12.6 Å². The second-order valence-corrected chi connectivity index (χ2v) is 5.22. The zero-order valence-corrected chi connectivity index (χ0v) is 11.4. The molecule has 0 bridgehead atoms. The molecule has 5 heteroatoms. The number of carbonyl (C=O) groups is 1. The molecule has 1 aromatic rings. The smallest absolute Gasteiger partial charge is 0.407 e. The molecule has 5 nitrogen and oxygen atoms in total. The topological polar surface area (TPSA) is 88.1 Å². The number of nitrogens with two attached hydrogens (primary N) is 1. The maximum atomic E-state index is 11.5. The van der Waals surface area contributed by atoms with Crippen LogP contribution in [0.25, 0.3) is 0 Å².